The van der Waals surface area contributed by atoms with E-state index in [9.17, 15) is 21.6 Å². The first kappa shape index (κ1) is 19.5. The van der Waals surface area contributed by atoms with Gasteiger partial charge in [0.15, 0.2) is 0 Å². The summed E-state index contributed by atoms with van der Waals surface area (Å²) in [6.07, 6.45) is 1.98. The van der Waals surface area contributed by atoms with Crippen molar-refractivity contribution in [3.63, 3.8) is 0 Å². The average molecular weight is 401 g/mol. The summed E-state index contributed by atoms with van der Waals surface area (Å²) in [4.78, 5) is 12.5. The molecule has 2 bridgehead atoms. The number of benzene rings is 1. The molecule has 0 radical (unpaired) electrons. The zero-order chi connectivity index (χ0) is 19.4. The van der Waals surface area contributed by atoms with E-state index in [1.165, 1.54) is 24.3 Å². The average Bonchev–Trinajstić information content (AvgIpc) is 2.86. The predicted octanol–water partition coefficient (Wildman–Crippen LogP) is 1.15. The minimum Gasteiger partial charge on any atom is -0.299 e. The number of rotatable bonds is 6. The van der Waals surface area contributed by atoms with Crippen LogP contribution in [0.4, 0.5) is 0 Å². The predicted molar refractivity (Wildman–Crippen MR) is 97.0 cm³/mol. The number of nitrogens with one attached hydrogen (secondary N) is 1. The molecule has 0 unspecified atom stereocenters. The monoisotopic (exact) mass is 400 g/mol. The lowest BCUT2D eigenvalue weighted by molar-refractivity contribution is -0.128. The van der Waals surface area contributed by atoms with Crippen molar-refractivity contribution in [2.75, 3.05) is 5.75 Å². The minimum atomic E-state index is -3.78. The molecule has 1 aromatic rings. The van der Waals surface area contributed by atoms with Crippen molar-refractivity contribution in [3.05, 3.63) is 29.8 Å². The van der Waals surface area contributed by atoms with E-state index in [1.54, 1.807) is 0 Å². The van der Waals surface area contributed by atoms with E-state index >= 15 is 0 Å². The van der Waals surface area contributed by atoms with Crippen molar-refractivity contribution in [3.8, 4) is 0 Å². The Morgan fingerprint density at radius 1 is 1.15 bits per heavy atom. The molecule has 7 nitrogen and oxygen atoms in total. The lowest BCUT2D eigenvalue weighted by atomic mass is 9.70. The minimum absolute atomic E-state index is 0.0291. The number of hydrogen-bond acceptors (Lipinski definition) is 5. The lowest BCUT2D eigenvalue weighted by Gasteiger charge is -2.36. The highest BCUT2D eigenvalue weighted by Crippen LogP contribution is 2.64. The molecule has 2 aliphatic carbocycles. The SMILES string of the molecule is CC1(C)[C@H]2CC[C@@]1(CS(=O)(=O)NCc1ccc(S(N)(=O)=O)cc1)C(=O)C2. The first-order valence-corrected chi connectivity index (χ1v) is 11.7. The molecular formula is C17H24N2O5S2. The number of hydrogen-bond donors (Lipinski definition) is 2. The largest absolute Gasteiger partial charge is 0.299 e. The number of nitrogens with two attached hydrogens (primary N) is 1. The third-order valence-electron chi connectivity index (χ3n) is 6.32. The fourth-order valence-electron chi connectivity index (χ4n) is 4.47. The van der Waals surface area contributed by atoms with Gasteiger partial charge in [0.05, 0.1) is 10.6 Å². The van der Waals surface area contributed by atoms with Gasteiger partial charge in [-0.25, -0.2) is 26.7 Å². The number of sulfonamides is 2. The lowest BCUT2D eigenvalue weighted by Crippen LogP contribution is -2.45. The first-order chi connectivity index (χ1) is 11.9. The first-order valence-electron chi connectivity index (χ1n) is 8.50. The molecule has 2 fully saturated rings. The number of primary sulfonamides is 1. The molecule has 1 aromatic carbocycles. The van der Waals surface area contributed by atoms with E-state index in [2.05, 4.69) is 4.72 Å². The molecule has 0 heterocycles. The molecule has 3 rings (SSSR count). The van der Waals surface area contributed by atoms with Gasteiger partial charge < -0.3 is 0 Å². The number of Topliss-reactive ketones (excluding diaryl/α,β-unsaturated/α-hetero) is 1. The maximum absolute atomic E-state index is 12.6. The van der Waals surface area contributed by atoms with Crippen LogP contribution in [-0.4, -0.2) is 28.4 Å². The molecule has 0 amide bonds. The van der Waals surface area contributed by atoms with Crippen LogP contribution >= 0.6 is 0 Å². The molecule has 0 aromatic heterocycles. The molecule has 26 heavy (non-hydrogen) atoms. The summed E-state index contributed by atoms with van der Waals surface area (Å²) in [5, 5.41) is 5.04. The zero-order valence-electron chi connectivity index (χ0n) is 14.9. The second-order valence-electron chi connectivity index (χ2n) is 7.94. The third kappa shape index (κ3) is 3.21. The second kappa shape index (κ2) is 6.12. The summed E-state index contributed by atoms with van der Waals surface area (Å²) >= 11 is 0. The highest BCUT2D eigenvalue weighted by Gasteiger charge is 2.65. The summed E-state index contributed by atoms with van der Waals surface area (Å²) in [6, 6.07) is 5.69. The van der Waals surface area contributed by atoms with Crippen LogP contribution in [0.1, 0.15) is 38.7 Å². The summed E-state index contributed by atoms with van der Waals surface area (Å²) in [5.41, 5.74) is -0.503. The van der Waals surface area contributed by atoms with E-state index in [-0.39, 0.29) is 34.3 Å². The Balaban J connectivity index is 1.71. The molecular weight excluding hydrogens is 376 g/mol. The molecule has 0 saturated heterocycles. The number of ketones is 1. The van der Waals surface area contributed by atoms with Crippen molar-refractivity contribution >= 4 is 25.8 Å². The van der Waals surface area contributed by atoms with E-state index in [0.29, 0.717) is 18.4 Å². The van der Waals surface area contributed by atoms with Gasteiger partial charge in [-0.05, 0) is 41.9 Å². The van der Waals surface area contributed by atoms with Crippen molar-refractivity contribution in [1.82, 2.24) is 4.72 Å². The Kier molecular flexibility index (Phi) is 4.58. The van der Waals surface area contributed by atoms with Gasteiger partial charge >= 0.3 is 0 Å². The Morgan fingerprint density at radius 3 is 2.23 bits per heavy atom. The van der Waals surface area contributed by atoms with Crippen molar-refractivity contribution in [2.45, 2.75) is 44.6 Å². The number of carbonyl (C=O) groups is 1. The number of fused-ring (bicyclic) bond motifs is 2. The van der Waals surface area contributed by atoms with Crippen LogP contribution in [0.25, 0.3) is 0 Å². The van der Waals surface area contributed by atoms with Crippen LogP contribution in [-0.2, 0) is 31.4 Å². The van der Waals surface area contributed by atoms with Gasteiger partial charge in [-0.2, -0.15) is 0 Å². The van der Waals surface area contributed by atoms with Gasteiger partial charge in [-0.15, -0.1) is 0 Å². The van der Waals surface area contributed by atoms with Crippen LogP contribution in [0.15, 0.2) is 29.2 Å². The van der Waals surface area contributed by atoms with Gasteiger partial charge in [-0.3, -0.25) is 4.79 Å². The molecule has 0 aliphatic heterocycles. The molecule has 144 valence electrons. The zero-order valence-corrected chi connectivity index (χ0v) is 16.5. The maximum Gasteiger partial charge on any atom is 0.238 e. The fourth-order valence-corrected chi connectivity index (χ4v) is 6.80. The van der Waals surface area contributed by atoms with E-state index in [4.69, 9.17) is 5.14 Å². The van der Waals surface area contributed by atoms with Crippen LogP contribution in [0.2, 0.25) is 0 Å². The standard InChI is InChI=1S/C17H24N2O5S2/c1-16(2)13-7-8-17(16,15(20)9-13)11-25(21,22)19-10-12-3-5-14(6-4-12)26(18,23)24/h3-6,13,19H,7-11H2,1-2H3,(H2,18,23,24)/t13-,17+/m0/s1. The Bertz CT molecular complexity index is 936. The highest BCUT2D eigenvalue weighted by molar-refractivity contribution is 7.89. The van der Waals surface area contributed by atoms with Crippen molar-refractivity contribution in [1.29, 1.82) is 0 Å². The Labute approximate surface area is 154 Å². The Morgan fingerprint density at radius 2 is 1.77 bits per heavy atom. The van der Waals surface area contributed by atoms with Crippen molar-refractivity contribution in [2.24, 2.45) is 21.9 Å². The van der Waals surface area contributed by atoms with E-state index in [1.807, 2.05) is 13.8 Å². The van der Waals surface area contributed by atoms with E-state index < -0.39 is 25.5 Å². The van der Waals surface area contributed by atoms with Gasteiger partial charge in [0.25, 0.3) is 0 Å². The van der Waals surface area contributed by atoms with Gasteiger partial charge in [0.2, 0.25) is 20.0 Å². The summed E-state index contributed by atoms with van der Waals surface area (Å²) in [6.45, 7) is 4.02. The smallest absolute Gasteiger partial charge is 0.238 e. The fraction of sp³-hybridized carbons (Fsp3) is 0.588. The maximum atomic E-state index is 12.6. The molecule has 0 spiro atoms. The summed E-state index contributed by atoms with van der Waals surface area (Å²) in [7, 11) is -7.44. The molecule has 3 N–H and O–H groups in total. The topological polar surface area (TPSA) is 123 Å². The molecule has 2 aliphatic rings. The van der Waals surface area contributed by atoms with Crippen LogP contribution < -0.4 is 9.86 Å². The number of carbonyl (C=O) groups excluding carboxylic acids is 1. The summed E-state index contributed by atoms with van der Waals surface area (Å²) < 4.78 is 50.3. The van der Waals surface area contributed by atoms with Crippen LogP contribution in [0.3, 0.4) is 0 Å². The van der Waals surface area contributed by atoms with Crippen LogP contribution in [0, 0.1) is 16.7 Å². The molecule has 2 saturated carbocycles. The van der Waals surface area contributed by atoms with E-state index in [0.717, 1.165) is 6.42 Å². The van der Waals surface area contributed by atoms with Gasteiger partial charge in [-0.1, -0.05) is 26.0 Å². The van der Waals surface area contributed by atoms with Crippen LogP contribution in [0.5, 0.6) is 0 Å². The Hall–Kier alpha value is -1.29. The molecule has 2 atom stereocenters. The van der Waals surface area contributed by atoms with Gasteiger partial charge in [0, 0.05) is 18.4 Å². The quantitative estimate of drug-likeness (QED) is 0.741. The normalized spacial score (nSPS) is 27.8. The second-order valence-corrected chi connectivity index (χ2v) is 11.3. The molecule has 9 heteroatoms. The highest BCUT2D eigenvalue weighted by atomic mass is 32.2. The van der Waals surface area contributed by atoms with Gasteiger partial charge in [0.1, 0.15) is 5.78 Å². The third-order valence-corrected chi connectivity index (χ3v) is 8.71. The van der Waals surface area contributed by atoms with Crippen molar-refractivity contribution < 1.29 is 21.6 Å². The summed E-state index contributed by atoms with van der Waals surface area (Å²) in [5.74, 6) is 0.120.